The maximum Gasteiger partial charge on any atom is 0.00704 e. The first-order valence-corrected chi connectivity index (χ1v) is 9.50. The summed E-state index contributed by atoms with van der Waals surface area (Å²) in [4.78, 5) is 1.53. The lowest BCUT2D eigenvalue weighted by atomic mass is 10.0. The van der Waals surface area contributed by atoms with Gasteiger partial charge >= 0.3 is 0 Å². The van der Waals surface area contributed by atoms with Gasteiger partial charge in [-0.2, -0.15) is 0 Å². The van der Waals surface area contributed by atoms with Crippen LogP contribution in [0.4, 0.5) is 0 Å². The molecule has 1 aromatic rings. The summed E-state index contributed by atoms with van der Waals surface area (Å²) >= 11 is 1.89. The van der Waals surface area contributed by atoms with Gasteiger partial charge in [-0.1, -0.05) is 64.9 Å². The molecule has 1 rings (SSSR count). The monoisotopic (exact) mass is 295 g/mol. The van der Waals surface area contributed by atoms with Gasteiger partial charge in [0.15, 0.2) is 0 Å². The summed E-state index contributed by atoms with van der Waals surface area (Å²) in [5.74, 6) is 0. The van der Waals surface area contributed by atoms with E-state index in [9.17, 15) is 0 Å². The molecule has 0 bridgehead atoms. The molecule has 0 aliphatic rings. The van der Waals surface area contributed by atoms with Crippen LogP contribution in [0.25, 0.3) is 0 Å². The van der Waals surface area contributed by atoms with Gasteiger partial charge < -0.3 is 5.32 Å². The molecule has 116 valence electrons. The normalized spacial score (nSPS) is 12.7. The Hall–Kier alpha value is -0.340. The molecule has 1 heterocycles. The van der Waals surface area contributed by atoms with E-state index in [0.29, 0.717) is 0 Å². The van der Waals surface area contributed by atoms with E-state index in [1.54, 1.807) is 0 Å². The van der Waals surface area contributed by atoms with Crippen LogP contribution in [0.3, 0.4) is 0 Å². The molecule has 1 nitrogen and oxygen atoms in total. The second-order valence-electron chi connectivity index (χ2n) is 5.78. The molecular weight excluding hydrogens is 262 g/mol. The third-order valence-electron chi connectivity index (χ3n) is 3.97. The number of nitrogens with one attached hydrogen (secondary N) is 1. The van der Waals surface area contributed by atoms with E-state index < -0.39 is 0 Å². The van der Waals surface area contributed by atoms with Crippen molar-refractivity contribution < 1.29 is 0 Å². The molecule has 2 heteroatoms. The zero-order valence-corrected chi connectivity index (χ0v) is 14.3. The molecule has 0 aliphatic heterocycles. The van der Waals surface area contributed by atoms with E-state index in [-0.39, 0.29) is 0 Å². The van der Waals surface area contributed by atoms with E-state index >= 15 is 0 Å². The highest BCUT2D eigenvalue weighted by molar-refractivity contribution is 7.09. The third-order valence-corrected chi connectivity index (χ3v) is 4.90. The fourth-order valence-electron chi connectivity index (χ4n) is 2.76. The van der Waals surface area contributed by atoms with Crippen LogP contribution in [0.15, 0.2) is 17.5 Å². The molecule has 20 heavy (non-hydrogen) atoms. The average Bonchev–Trinajstić information content (AvgIpc) is 2.97. The van der Waals surface area contributed by atoms with Crippen LogP contribution >= 0.6 is 11.3 Å². The molecule has 1 atom stereocenters. The van der Waals surface area contributed by atoms with Crippen molar-refractivity contribution in [1.82, 2.24) is 5.32 Å². The van der Waals surface area contributed by atoms with E-state index in [4.69, 9.17) is 0 Å². The first-order chi connectivity index (χ1) is 9.86. The Morgan fingerprint density at radius 3 is 2.40 bits per heavy atom. The van der Waals surface area contributed by atoms with Gasteiger partial charge in [-0.15, -0.1) is 11.3 Å². The third kappa shape index (κ3) is 8.76. The Morgan fingerprint density at radius 2 is 1.75 bits per heavy atom. The molecule has 0 spiro atoms. The lowest BCUT2D eigenvalue weighted by Gasteiger charge is -2.17. The highest BCUT2D eigenvalue weighted by atomic mass is 32.1. The number of thiophene rings is 1. The highest BCUT2D eigenvalue weighted by Gasteiger charge is 2.07. The topological polar surface area (TPSA) is 12.0 Å². The number of rotatable bonds is 13. The van der Waals surface area contributed by atoms with Crippen LogP contribution in [0.5, 0.6) is 0 Å². The molecular formula is C18H33NS. The summed E-state index contributed by atoms with van der Waals surface area (Å²) < 4.78 is 0. The Bertz CT molecular complexity index is 294. The predicted molar refractivity (Wildman–Crippen MR) is 92.7 cm³/mol. The largest absolute Gasteiger partial charge is 0.314 e. The molecule has 0 saturated heterocycles. The Labute approximate surface area is 130 Å². The minimum Gasteiger partial charge on any atom is -0.314 e. The minimum atomic E-state index is 0.720. The molecule has 0 amide bonds. The minimum absolute atomic E-state index is 0.720. The van der Waals surface area contributed by atoms with E-state index in [2.05, 4.69) is 36.7 Å². The van der Waals surface area contributed by atoms with Crippen LogP contribution < -0.4 is 5.32 Å². The average molecular weight is 296 g/mol. The predicted octanol–water partition coefficient (Wildman–Crippen LogP) is 5.80. The van der Waals surface area contributed by atoms with Crippen molar-refractivity contribution >= 4 is 11.3 Å². The molecule has 0 aromatic carbocycles. The quantitative estimate of drug-likeness (QED) is 0.453. The van der Waals surface area contributed by atoms with Gasteiger partial charge in [0.25, 0.3) is 0 Å². The molecule has 0 fully saturated rings. The van der Waals surface area contributed by atoms with Crippen LogP contribution in [0.2, 0.25) is 0 Å². The first kappa shape index (κ1) is 17.7. The Balaban J connectivity index is 2.06. The van der Waals surface area contributed by atoms with Crippen molar-refractivity contribution in [3.8, 4) is 0 Å². The van der Waals surface area contributed by atoms with E-state index in [1.165, 1.54) is 69.1 Å². The first-order valence-electron chi connectivity index (χ1n) is 8.62. The van der Waals surface area contributed by atoms with Crippen molar-refractivity contribution in [2.24, 2.45) is 0 Å². The van der Waals surface area contributed by atoms with Gasteiger partial charge in [0, 0.05) is 10.9 Å². The molecule has 1 N–H and O–H groups in total. The number of aryl methyl sites for hydroxylation is 1. The molecule has 0 radical (unpaired) electrons. The maximum absolute atomic E-state index is 3.66. The lowest BCUT2D eigenvalue weighted by molar-refractivity contribution is 0.439. The number of hydrogen-bond acceptors (Lipinski definition) is 2. The summed E-state index contributed by atoms with van der Waals surface area (Å²) in [6.07, 6.45) is 13.8. The van der Waals surface area contributed by atoms with E-state index in [0.717, 1.165) is 12.6 Å². The highest BCUT2D eigenvalue weighted by Crippen LogP contribution is 2.15. The lowest BCUT2D eigenvalue weighted by Crippen LogP contribution is -2.29. The second-order valence-corrected chi connectivity index (χ2v) is 6.81. The van der Waals surface area contributed by atoms with Crippen molar-refractivity contribution in [2.45, 2.75) is 84.1 Å². The number of hydrogen-bond donors (Lipinski definition) is 1. The fourth-order valence-corrected chi connectivity index (χ4v) is 3.48. The molecule has 0 saturated carbocycles. The fraction of sp³-hybridized carbons (Fsp3) is 0.778. The van der Waals surface area contributed by atoms with Crippen molar-refractivity contribution in [1.29, 1.82) is 0 Å². The summed E-state index contributed by atoms with van der Waals surface area (Å²) in [6, 6.07) is 5.15. The van der Waals surface area contributed by atoms with Crippen LogP contribution in [0, 0.1) is 0 Å². The SMILES string of the molecule is CCCCCCCCCC(CCc1cccs1)NCC. The van der Waals surface area contributed by atoms with Gasteiger partial charge in [-0.25, -0.2) is 0 Å². The van der Waals surface area contributed by atoms with Gasteiger partial charge in [0.1, 0.15) is 0 Å². The summed E-state index contributed by atoms with van der Waals surface area (Å²) in [5, 5.41) is 5.85. The maximum atomic E-state index is 3.66. The van der Waals surface area contributed by atoms with Crippen molar-refractivity contribution in [3.05, 3.63) is 22.4 Å². The Kier molecular flexibility index (Phi) is 11.0. The van der Waals surface area contributed by atoms with Crippen molar-refractivity contribution in [2.75, 3.05) is 6.54 Å². The summed E-state index contributed by atoms with van der Waals surface area (Å²) in [7, 11) is 0. The standard InChI is InChI=1S/C18H33NS/c1-3-5-6-7-8-9-10-12-17(19-4-2)14-15-18-13-11-16-20-18/h11,13,16-17,19H,3-10,12,14-15H2,1-2H3. The van der Waals surface area contributed by atoms with Gasteiger partial charge in [-0.05, 0) is 37.3 Å². The van der Waals surface area contributed by atoms with Crippen LogP contribution in [-0.2, 0) is 6.42 Å². The van der Waals surface area contributed by atoms with Crippen LogP contribution in [-0.4, -0.2) is 12.6 Å². The van der Waals surface area contributed by atoms with Crippen molar-refractivity contribution in [3.63, 3.8) is 0 Å². The zero-order valence-electron chi connectivity index (χ0n) is 13.5. The van der Waals surface area contributed by atoms with Gasteiger partial charge in [0.2, 0.25) is 0 Å². The van der Waals surface area contributed by atoms with E-state index in [1.807, 2.05) is 11.3 Å². The van der Waals surface area contributed by atoms with Gasteiger partial charge in [0.05, 0.1) is 0 Å². The van der Waals surface area contributed by atoms with Crippen LogP contribution in [0.1, 0.15) is 76.5 Å². The number of unbranched alkanes of at least 4 members (excludes halogenated alkanes) is 6. The Morgan fingerprint density at radius 1 is 1.00 bits per heavy atom. The molecule has 1 aromatic heterocycles. The molecule has 0 aliphatic carbocycles. The summed E-state index contributed by atoms with van der Waals surface area (Å²) in [5.41, 5.74) is 0. The molecule has 1 unspecified atom stereocenters. The smallest absolute Gasteiger partial charge is 0.00704 e. The van der Waals surface area contributed by atoms with Gasteiger partial charge in [-0.3, -0.25) is 0 Å². The zero-order chi connectivity index (χ0) is 14.5. The summed E-state index contributed by atoms with van der Waals surface area (Å²) in [6.45, 7) is 5.61. The second kappa shape index (κ2) is 12.4.